The van der Waals surface area contributed by atoms with Crippen LogP contribution in [-0.2, 0) is 6.54 Å². The first-order valence-corrected chi connectivity index (χ1v) is 6.62. The molecule has 1 saturated carbocycles. The van der Waals surface area contributed by atoms with E-state index in [0.29, 0.717) is 29.5 Å². The fourth-order valence-corrected chi connectivity index (χ4v) is 2.76. The molecule has 0 heterocycles. The zero-order valence-electron chi connectivity index (χ0n) is 11.5. The van der Waals surface area contributed by atoms with E-state index in [1.54, 1.807) is 13.2 Å². The minimum absolute atomic E-state index is 0.303. The van der Waals surface area contributed by atoms with Crippen LogP contribution in [0.15, 0.2) is 18.2 Å². The Balaban J connectivity index is 1.98. The number of aromatic hydroxyl groups is 1. The first-order chi connectivity index (χ1) is 8.53. The molecular weight excluding hydrogens is 226 g/mol. The normalized spacial score (nSPS) is 22.1. The molecule has 1 aliphatic rings. The Morgan fingerprint density at radius 2 is 2.22 bits per heavy atom. The quantitative estimate of drug-likeness (QED) is 0.861. The zero-order valence-corrected chi connectivity index (χ0v) is 11.5. The molecule has 1 fully saturated rings. The van der Waals surface area contributed by atoms with Crippen molar-refractivity contribution in [2.45, 2.75) is 45.7 Å². The smallest absolute Gasteiger partial charge is 0.123 e. The Hall–Kier alpha value is -1.22. The third-order valence-electron chi connectivity index (χ3n) is 4.09. The number of methoxy groups -OCH3 is 1. The van der Waals surface area contributed by atoms with E-state index < -0.39 is 0 Å². The van der Waals surface area contributed by atoms with Crippen LogP contribution in [0.25, 0.3) is 0 Å². The highest BCUT2D eigenvalue weighted by Crippen LogP contribution is 2.37. The van der Waals surface area contributed by atoms with Crippen molar-refractivity contribution in [2.24, 2.45) is 5.41 Å². The van der Waals surface area contributed by atoms with Crippen LogP contribution < -0.4 is 10.1 Å². The summed E-state index contributed by atoms with van der Waals surface area (Å²) in [4.78, 5) is 0. The van der Waals surface area contributed by atoms with Gasteiger partial charge in [0.2, 0.25) is 0 Å². The molecule has 1 aliphatic carbocycles. The third kappa shape index (κ3) is 2.78. The molecular formula is C15H23NO2. The van der Waals surface area contributed by atoms with Gasteiger partial charge in [0.15, 0.2) is 0 Å². The summed E-state index contributed by atoms with van der Waals surface area (Å²) in [5, 5.41) is 13.5. The molecule has 3 heteroatoms. The molecule has 0 aromatic heterocycles. The largest absolute Gasteiger partial charge is 0.507 e. The number of phenols is 1. The summed E-state index contributed by atoms with van der Waals surface area (Å²) in [7, 11) is 1.60. The Morgan fingerprint density at radius 3 is 2.78 bits per heavy atom. The molecule has 100 valence electrons. The number of phenolic OH excluding ortho intramolecular Hbond substituents is 1. The van der Waals surface area contributed by atoms with E-state index in [4.69, 9.17) is 4.74 Å². The number of hydrogen-bond acceptors (Lipinski definition) is 3. The van der Waals surface area contributed by atoms with E-state index in [2.05, 4.69) is 19.2 Å². The van der Waals surface area contributed by atoms with Gasteiger partial charge in [-0.3, -0.25) is 0 Å². The zero-order chi connectivity index (χ0) is 13.2. The fraction of sp³-hybridized carbons (Fsp3) is 0.600. The highest BCUT2D eigenvalue weighted by Gasteiger charge is 2.33. The molecule has 0 spiro atoms. The number of rotatable bonds is 4. The second-order valence-corrected chi connectivity index (χ2v) is 5.81. The maximum atomic E-state index is 9.91. The summed E-state index contributed by atoms with van der Waals surface area (Å²) >= 11 is 0. The lowest BCUT2D eigenvalue weighted by atomic mass is 9.87. The first-order valence-electron chi connectivity index (χ1n) is 6.62. The standard InChI is InChI=1S/C15H23NO2/c1-15(2)8-4-5-14(15)16-10-11-6-7-12(18-3)9-13(11)17/h6-7,9,14,16-17H,4-5,8,10H2,1-3H3. The summed E-state index contributed by atoms with van der Waals surface area (Å²) in [5.74, 6) is 0.995. The molecule has 1 aromatic rings. The maximum absolute atomic E-state index is 9.91. The van der Waals surface area contributed by atoms with Gasteiger partial charge in [-0.05, 0) is 24.3 Å². The van der Waals surface area contributed by atoms with Crippen molar-refractivity contribution in [3.63, 3.8) is 0 Å². The summed E-state index contributed by atoms with van der Waals surface area (Å²) < 4.78 is 5.08. The molecule has 0 aliphatic heterocycles. The summed E-state index contributed by atoms with van der Waals surface area (Å²) in [6.07, 6.45) is 3.79. The third-order valence-corrected chi connectivity index (χ3v) is 4.09. The predicted octanol–water partition coefficient (Wildman–Crippen LogP) is 3.07. The number of ether oxygens (including phenoxy) is 1. The lowest BCUT2D eigenvalue weighted by Crippen LogP contribution is -2.37. The number of nitrogens with one attached hydrogen (secondary N) is 1. The number of benzene rings is 1. The van der Waals surface area contributed by atoms with Crippen molar-refractivity contribution in [3.05, 3.63) is 23.8 Å². The van der Waals surface area contributed by atoms with Crippen LogP contribution in [0.5, 0.6) is 11.5 Å². The van der Waals surface area contributed by atoms with E-state index >= 15 is 0 Å². The summed E-state index contributed by atoms with van der Waals surface area (Å²) in [6, 6.07) is 6.01. The lowest BCUT2D eigenvalue weighted by Gasteiger charge is -2.28. The van der Waals surface area contributed by atoms with Crippen LogP contribution >= 0.6 is 0 Å². The van der Waals surface area contributed by atoms with Crippen molar-refractivity contribution in [1.82, 2.24) is 5.32 Å². The van der Waals surface area contributed by atoms with Crippen molar-refractivity contribution >= 4 is 0 Å². The van der Waals surface area contributed by atoms with Gasteiger partial charge in [-0.1, -0.05) is 26.3 Å². The predicted molar refractivity (Wildman–Crippen MR) is 72.9 cm³/mol. The molecule has 3 nitrogen and oxygen atoms in total. The Kier molecular flexibility index (Phi) is 3.81. The maximum Gasteiger partial charge on any atom is 0.123 e. The first kappa shape index (κ1) is 13.2. The second kappa shape index (κ2) is 5.19. The molecule has 2 N–H and O–H groups in total. The molecule has 18 heavy (non-hydrogen) atoms. The monoisotopic (exact) mass is 249 g/mol. The van der Waals surface area contributed by atoms with Gasteiger partial charge < -0.3 is 15.2 Å². The van der Waals surface area contributed by atoms with E-state index in [-0.39, 0.29) is 0 Å². The van der Waals surface area contributed by atoms with Gasteiger partial charge in [-0.15, -0.1) is 0 Å². The van der Waals surface area contributed by atoms with Crippen molar-refractivity contribution < 1.29 is 9.84 Å². The highest BCUT2D eigenvalue weighted by atomic mass is 16.5. The topological polar surface area (TPSA) is 41.5 Å². The fourth-order valence-electron chi connectivity index (χ4n) is 2.76. The van der Waals surface area contributed by atoms with Gasteiger partial charge in [0.25, 0.3) is 0 Å². The van der Waals surface area contributed by atoms with Crippen molar-refractivity contribution in [1.29, 1.82) is 0 Å². The average molecular weight is 249 g/mol. The molecule has 0 saturated heterocycles. The van der Waals surface area contributed by atoms with E-state index in [0.717, 1.165) is 5.56 Å². The van der Waals surface area contributed by atoms with Crippen LogP contribution in [0.1, 0.15) is 38.7 Å². The van der Waals surface area contributed by atoms with Crippen LogP contribution in [0.4, 0.5) is 0 Å². The lowest BCUT2D eigenvalue weighted by molar-refractivity contribution is 0.281. The molecule has 0 amide bonds. The molecule has 1 unspecified atom stereocenters. The van der Waals surface area contributed by atoms with Crippen LogP contribution in [0.2, 0.25) is 0 Å². The highest BCUT2D eigenvalue weighted by molar-refractivity contribution is 5.39. The van der Waals surface area contributed by atoms with E-state index in [1.807, 2.05) is 12.1 Å². The Morgan fingerprint density at radius 1 is 1.44 bits per heavy atom. The Bertz CT molecular complexity index is 415. The van der Waals surface area contributed by atoms with Gasteiger partial charge in [0.1, 0.15) is 11.5 Å². The van der Waals surface area contributed by atoms with Crippen LogP contribution in [-0.4, -0.2) is 18.3 Å². The van der Waals surface area contributed by atoms with Gasteiger partial charge >= 0.3 is 0 Å². The van der Waals surface area contributed by atoms with Gasteiger partial charge in [-0.25, -0.2) is 0 Å². The Labute approximate surface area is 109 Å². The molecule has 1 aromatic carbocycles. The SMILES string of the molecule is COc1ccc(CNC2CCCC2(C)C)c(O)c1. The van der Waals surface area contributed by atoms with Crippen molar-refractivity contribution in [3.8, 4) is 11.5 Å². The minimum Gasteiger partial charge on any atom is -0.507 e. The van der Waals surface area contributed by atoms with Gasteiger partial charge in [0, 0.05) is 24.2 Å². The van der Waals surface area contributed by atoms with Gasteiger partial charge in [-0.2, -0.15) is 0 Å². The summed E-state index contributed by atoms with van der Waals surface area (Å²) in [5.41, 5.74) is 1.29. The van der Waals surface area contributed by atoms with Gasteiger partial charge in [0.05, 0.1) is 7.11 Å². The molecule has 0 bridgehead atoms. The number of hydrogen-bond donors (Lipinski definition) is 2. The van der Waals surface area contributed by atoms with E-state index in [9.17, 15) is 5.11 Å². The summed E-state index contributed by atoms with van der Waals surface area (Å²) in [6.45, 7) is 5.33. The van der Waals surface area contributed by atoms with Crippen LogP contribution in [0.3, 0.4) is 0 Å². The van der Waals surface area contributed by atoms with Crippen molar-refractivity contribution in [2.75, 3.05) is 7.11 Å². The minimum atomic E-state index is 0.303. The second-order valence-electron chi connectivity index (χ2n) is 5.81. The van der Waals surface area contributed by atoms with Crippen LogP contribution in [0, 0.1) is 5.41 Å². The molecule has 0 radical (unpaired) electrons. The van der Waals surface area contributed by atoms with E-state index in [1.165, 1.54) is 19.3 Å². The molecule has 1 atom stereocenters. The molecule has 2 rings (SSSR count). The average Bonchev–Trinajstić information content (AvgIpc) is 2.67.